The van der Waals surface area contributed by atoms with Crippen molar-refractivity contribution < 1.29 is 32.3 Å². The van der Waals surface area contributed by atoms with Crippen molar-refractivity contribution in [3.63, 3.8) is 0 Å². The number of carbonyl (C=O) groups excluding carboxylic acids is 3. The van der Waals surface area contributed by atoms with E-state index in [0.717, 1.165) is 12.1 Å². The SMILES string of the molecule is CN(CC(=O)Nc1ccc(OC(F)(F)F)cc1)C(=O)c1ccc(Cl)c(N2CCCC2=O)c1. The molecule has 1 aliphatic rings. The van der Waals surface area contributed by atoms with Gasteiger partial charge in [-0.2, -0.15) is 0 Å². The molecule has 1 N–H and O–H groups in total. The number of rotatable bonds is 6. The number of nitrogens with zero attached hydrogens (tertiary/aromatic N) is 2. The Kier molecular flexibility index (Phi) is 6.93. The van der Waals surface area contributed by atoms with Crippen LogP contribution in [0.15, 0.2) is 42.5 Å². The minimum atomic E-state index is -4.81. The molecule has 3 rings (SSSR count). The van der Waals surface area contributed by atoms with Crippen LogP contribution in [0.25, 0.3) is 0 Å². The number of hydrogen-bond donors (Lipinski definition) is 1. The second-order valence-corrected chi connectivity index (χ2v) is 7.50. The Bertz CT molecular complexity index is 1030. The Morgan fingerprint density at radius 2 is 1.88 bits per heavy atom. The van der Waals surface area contributed by atoms with Crippen LogP contribution in [0.2, 0.25) is 5.02 Å². The smallest absolute Gasteiger partial charge is 0.406 e. The molecule has 0 radical (unpaired) electrons. The Hall–Kier alpha value is -3.27. The number of anilines is 2. The number of carbonyl (C=O) groups is 3. The zero-order valence-corrected chi connectivity index (χ0v) is 17.7. The van der Waals surface area contributed by atoms with Crippen LogP contribution in [-0.4, -0.2) is 49.1 Å². The number of halogens is 4. The highest BCUT2D eigenvalue weighted by molar-refractivity contribution is 6.34. The zero-order chi connectivity index (χ0) is 23.5. The molecule has 1 saturated heterocycles. The Labute approximate surface area is 186 Å². The molecular formula is C21H19ClF3N3O4. The molecule has 0 spiro atoms. The van der Waals surface area contributed by atoms with Gasteiger partial charge in [-0.15, -0.1) is 13.2 Å². The van der Waals surface area contributed by atoms with Gasteiger partial charge in [0.1, 0.15) is 5.75 Å². The van der Waals surface area contributed by atoms with Crippen LogP contribution in [0, 0.1) is 0 Å². The van der Waals surface area contributed by atoms with E-state index >= 15 is 0 Å². The largest absolute Gasteiger partial charge is 0.573 e. The second kappa shape index (κ2) is 9.47. The highest BCUT2D eigenvalue weighted by Crippen LogP contribution is 2.30. The fraction of sp³-hybridized carbons (Fsp3) is 0.286. The van der Waals surface area contributed by atoms with Crippen LogP contribution in [-0.2, 0) is 9.59 Å². The maximum absolute atomic E-state index is 12.7. The molecule has 0 aliphatic carbocycles. The van der Waals surface area contributed by atoms with Crippen molar-refractivity contribution in [3.8, 4) is 5.75 Å². The van der Waals surface area contributed by atoms with Crippen molar-refractivity contribution >= 4 is 40.7 Å². The van der Waals surface area contributed by atoms with E-state index in [9.17, 15) is 27.6 Å². The van der Waals surface area contributed by atoms with Gasteiger partial charge < -0.3 is 19.9 Å². The number of hydrogen-bond acceptors (Lipinski definition) is 4. The van der Waals surface area contributed by atoms with Crippen molar-refractivity contribution in [2.75, 3.05) is 30.4 Å². The molecule has 1 fully saturated rings. The topological polar surface area (TPSA) is 79.0 Å². The quantitative estimate of drug-likeness (QED) is 0.691. The molecule has 0 saturated carbocycles. The predicted molar refractivity (Wildman–Crippen MR) is 112 cm³/mol. The first kappa shape index (κ1) is 23.4. The lowest BCUT2D eigenvalue weighted by molar-refractivity contribution is -0.274. The van der Waals surface area contributed by atoms with E-state index in [0.29, 0.717) is 30.1 Å². The first-order chi connectivity index (χ1) is 15.0. The van der Waals surface area contributed by atoms with Crippen LogP contribution in [0.3, 0.4) is 0 Å². The van der Waals surface area contributed by atoms with E-state index in [2.05, 4.69) is 10.1 Å². The maximum Gasteiger partial charge on any atom is 0.573 e. The predicted octanol–water partition coefficient (Wildman–Crippen LogP) is 4.08. The van der Waals surface area contributed by atoms with E-state index in [1.807, 2.05) is 0 Å². The molecule has 1 aliphatic heterocycles. The molecule has 0 aromatic heterocycles. The average Bonchev–Trinajstić information content (AvgIpc) is 3.14. The summed E-state index contributed by atoms with van der Waals surface area (Å²) in [7, 11) is 1.43. The number of benzene rings is 2. The van der Waals surface area contributed by atoms with Crippen LogP contribution in [0.4, 0.5) is 24.5 Å². The number of nitrogens with one attached hydrogen (secondary N) is 1. The minimum Gasteiger partial charge on any atom is -0.406 e. The van der Waals surface area contributed by atoms with Gasteiger partial charge in [0.2, 0.25) is 11.8 Å². The highest BCUT2D eigenvalue weighted by atomic mass is 35.5. The van der Waals surface area contributed by atoms with E-state index in [4.69, 9.17) is 11.6 Å². The molecule has 7 nitrogen and oxygen atoms in total. The lowest BCUT2D eigenvalue weighted by Crippen LogP contribution is -2.35. The molecule has 3 amide bonds. The highest BCUT2D eigenvalue weighted by Gasteiger charge is 2.31. The van der Waals surface area contributed by atoms with Gasteiger partial charge in [0.05, 0.1) is 17.3 Å². The summed E-state index contributed by atoms with van der Waals surface area (Å²) in [5.41, 5.74) is 0.943. The van der Waals surface area contributed by atoms with Crippen LogP contribution in [0.5, 0.6) is 5.75 Å². The summed E-state index contributed by atoms with van der Waals surface area (Å²) < 4.78 is 40.4. The summed E-state index contributed by atoms with van der Waals surface area (Å²) in [5.74, 6) is -1.50. The van der Waals surface area contributed by atoms with Crippen molar-refractivity contribution in [3.05, 3.63) is 53.1 Å². The standard InChI is InChI=1S/C21H19ClF3N3O4/c1-27(12-18(29)26-14-5-7-15(8-6-14)32-21(23,24)25)20(31)13-4-9-16(22)17(11-13)28-10-2-3-19(28)30/h4-9,11H,2-3,10,12H2,1H3,(H,26,29). The van der Waals surface area contributed by atoms with Crippen molar-refractivity contribution in [2.45, 2.75) is 19.2 Å². The summed E-state index contributed by atoms with van der Waals surface area (Å²) in [6, 6.07) is 9.16. The average molecular weight is 470 g/mol. The summed E-state index contributed by atoms with van der Waals surface area (Å²) >= 11 is 6.19. The summed E-state index contributed by atoms with van der Waals surface area (Å²) in [4.78, 5) is 39.7. The van der Waals surface area contributed by atoms with Gasteiger partial charge in [0.25, 0.3) is 5.91 Å². The van der Waals surface area contributed by atoms with Gasteiger partial charge in [-0.05, 0) is 48.9 Å². The molecule has 0 unspecified atom stereocenters. The van der Waals surface area contributed by atoms with Gasteiger partial charge in [0.15, 0.2) is 0 Å². The fourth-order valence-corrected chi connectivity index (χ4v) is 3.42. The first-order valence-electron chi connectivity index (χ1n) is 9.54. The molecule has 11 heteroatoms. The number of amides is 3. The lowest BCUT2D eigenvalue weighted by atomic mass is 10.1. The van der Waals surface area contributed by atoms with E-state index in [-0.39, 0.29) is 23.7 Å². The third-order valence-corrected chi connectivity index (χ3v) is 4.98. The minimum absolute atomic E-state index is 0.0733. The van der Waals surface area contributed by atoms with Crippen LogP contribution in [0.1, 0.15) is 23.2 Å². The monoisotopic (exact) mass is 469 g/mol. The Morgan fingerprint density at radius 3 is 2.47 bits per heavy atom. The summed E-state index contributed by atoms with van der Waals surface area (Å²) in [6.07, 6.45) is -3.69. The van der Waals surface area contributed by atoms with Crippen molar-refractivity contribution in [2.24, 2.45) is 0 Å². The third kappa shape index (κ3) is 5.91. The molecule has 2 aromatic rings. The molecular weight excluding hydrogens is 451 g/mol. The van der Waals surface area contributed by atoms with Gasteiger partial charge >= 0.3 is 6.36 Å². The molecule has 1 heterocycles. The molecule has 32 heavy (non-hydrogen) atoms. The molecule has 0 atom stereocenters. The van der Waals surface area contributed by atoms with Gasteiger partial charge in [-0.1, -0.05) is 11.6 Å². The number of ether oxygens (including phenoxy) is 1. The molecule has 0 bridgehead atoms. The molecule has 2 aromatic carbocycles. The van der Waals surface area contributed by atoms with Gasteiger partial charge in [-0.25, -0.2) is 0 Å². The number of alkyl halides is 3. The van der Waals surface area contributed by atoms with E-state index in [1.54, 1.807) is 0 Å². The fourth-order valence-electron chi connectivity index (χ4n) is 3.20. The van der Waals surface area contributed by atoms with Crippen molar-refractivity contribution in [1.29, 1.82) is 0 Å². The van der Waals surface area contributed by atoms with E-state index < -0.39 is 23.9 Å². The molecule has 170 valence electrons. The van der Waals surface area contributed by atoms with Crippen LogP contribution >= 0.6 is 11.6 Å². The van der Waals surface area contributed by atoms with Gasteiger partial charge in [-0.3, -0.25) is 14.4 Å². The summed E-state index contributed by atoms with van der Waals surface area (Å²) in [5, 5.41) is 2.84. The van der Waals surface area contributed by atoms with Crippen LogP contribution < -0.4 is 15.0 Å². The third-order valence-electron chi connectivity index (χ3n) is 4.66. The van der Waals surface area contributed by atoms with Crippen molar-refractivity contribution in [1.82, 2.24) is 4.90 Å². The Balaban J connectivity index is 1.62. The maximum atomic E-state index is 12.7. The normalized spacial score (nSPS) is 13.8. The van der Waals surface area contributed by atoms with E-state index in [1.165, 1.54) is 47.2 Å². The zero-order valence-electron chi connectivity index (χ0n) is 16.9. The first-order valence-corrected chi connectivity index (χ1v) is 9.92. The Morgan fingerprint density at radius 1 is 1.19 bits per heavy atom. The van der Waals surface area contributed by atoms with Gasteiger partial charge in [0, 0.05) is 31.3 Å². The summed E-state index contributed by atoms with van der Waals surface area (Å²) in [6.45, 7) is 0.210. The number of likely N-dealkylation sites (N-methyl/N-ethyl adjacent to an activating group) is 1. The lowest BCUT2D eigenvalue weighted by Gasteiger charge is -2.20. The second-order valence-electron chi connectivity index (χ2n) is 7.10.